The molecule has 2 rings (SSSR count). The molecule has 0 aliphatic rings. The van der Waals surface area contributed by atoms with Crippen LogP contribution in [0.5, 0.6) is 0 Å². The summed E-state index contributed by atoms with van der Waals surface area (Å²) >= 11 is 1.46. The predicted octanol–water partition coefficient (Wildman–Crippen LogP) is 3.89. The molecule has 0 aliphatic carbocycles. The molecule has 0 bridgehead atoms. The van der Waals surface area contributed by atoms with Gasteiger partial charge < -0.3 is 9.52 Å². The zero-order chi connectivity index (χ0) is 13.1. The molecular weight excluding hydrogens is 246 g/mol. The first kappa shape index (κ1) is 13.2. The Hall–Kier alpha value is -1.26. The lowest BCUT2D eigenvalue weighted by Crippen LogP contribution is -1.97. The smallest absolute Gasteiger partial charge is 0.261 e. The number of benzene rings is 1. The zero-order valence-corrected chi connectivity index (χ0v) is 11.6. The van der Waals surface area contributed by atoms with Crippen LogP contribution in [0.2, 0.25) is 0 Å². The molecular formula is C14H17NO2S. The summed E-state index contributed by atoms with van der Waals surface area (Å²) in [6.07, 6.45) is 0.257. The minimum Gasteiger partial charge on any atom is -0.436 e. The molecule has 0 radical (unpaired) electrons. The van der Waals surface area contributed by atoms with E-state index in [1.54, 1.807) is 0 Å². The molecule has 0 spiro atoms. The van der Waals surface area contributed by atoms with E-state index < -0.39 is 6.10 Å². The molecule has 1 aromatic carbocycles. The second-order valence-corrected chi connectivity index (χ2v) is 5.18. The highest BCUT2D eigenvalue weighted by Crippen LogP contribution is 2.34. The summed E-state index contributed by atoms with van der Waals surface area (Å²) in [6, 6.07) is 7.81. The van der Waals surface area contributed by atoms with Crippen molar-refractivity contribution in [3.05, 3.63) is 41.3 Å². The molecule has 96 valence electrons. The molecule has 1 aromatic heterocycles. The summed E-state index contributed by atoms with van der Waals surface area (Å²) in [5.74, 6) is 0.839. The Bertz CT molecular complexity index is 517. The summed E-state index contributed by atoms with van der Waals surface area (Å²) < 4.78 is 5.56. The van der Waals surface area contributed by atoms with Gasteiger partial charge in [0.2, 0.25) is 0 Å². The standard InChI is InChI=1S/C14H17NO2S/c1-4-12(16)11-7-5-6-8-13(11)18-14-15-9(2)10(3)17-14/h5-8,12,16H,4H2,1-3H3/t12-/m0/s1. The van der Waals surface area contributed by atoms with Crippen LogP contribution in [0.3, 0.4) is 0 Å². The van der Waals surface area contributed by atoms with Crippen molar-refractivity contribution in [2.45, 2.75) is 43.4 Å². The second kappa shape index (κ2) is 5.59. The molecule has 0 saturated heterocycles. The molecule has 18 heavy (non-hydrogen) atoms. The van der Waals surface area contributed by atoms with Crippen LogP contribution in [0.4, 0.5) is 0 Å². The maximum atomic E-state index is 9.98. The molecule has 0 saturated carbocycles. The second-order valence-electron chi connectivity index (χ2n) is 4.19. The van der Waals surface area contributed by atoms with Gasteiger partial charge in [0.1, 0.15) is 5.76 Å². The Labute approximate surface area is 111 Å². The highest BCUT2D eigenvalue weighted by atomic mass is 32.2. The third-order valence-corrected chi connectivity index (χ3v) is 3.81. The average molecular weight is 263 g/mol. The Kier molecular flexibility index (Phi) is 4.09. The number of hydrogen-bond donors (Lipinski definition) is 1. The van der Waals surface area contributed by atoms with Crippen LogP contribution in [-0.2, 0) is 0 Å². The summed E-state index contributed by atoms with van der Waals surface area (Å²) in [5.41, 5.74) is 1.84. The monoisotopic (exact) mass is 263 g/mol. The molecule has 1 heterocycles. The number of aromatic nitrogens is 1. The van der Waals surface area contributed by atoms with Crippen LogP contribution in [0.15, 0.2) is 38.8 Å². The van der Waals surface area contributed by atoms with Crippen molar-refractivity contribution < 1.29 is 9.52 Å². The molecule has 2 aromatic rings. The van der Waals surface area contributed by atoms with E-state index in [0.717, 1.165) is 21.9 Å². The van der Waals surface area contributed by atoms with Gasteiger partial charge >= 0.3 is 0 Å². The van der Waals surface area contributed by atoms with Gasteiger partial charge in [-0.3, -0.25) is 0 Å². The summed E-state index contributed by atoms with van der Waals surface area (Å²) in [5, 5.41) is 10.6. The lowest BCUT2D eigenvalue weighted by atomic mass is 10.1. The van der Waals surface area contributed by atoms with Crippen molar-refractivity contribution >= 4 is 11.8 Å². The summed E-state index contributed by atoms with van der Waals surface area (Å²) in [7, 11) is 0. The van der Waals surface area contributed by atoms with Gasteiger partial charge in [-0.1, -0.05) is 25.1 Å². The van der Waals surface area contributed by atoms with Gasteiger partial charge in [-0.2, -0.15) is 0 Å². The molecule has 3 nitrogen and oxygen atoms in total. The van der Waals surface area contributed by atoms with Crippen molar-refractivity contribution in [1.82, 2.24) is 4.98 Å². The van der Waals surface area contributed by atoms with Crippen molar-refractivity contribution in [1.29, 1.82) is 0 Å². The molecule has 1 atom stereocenters. The van der Waals surface area contributed by atoms with Crippen molar-refractivity contribution in [2.24, 2.45) is 0 Å². The van der Waals surface area contributed by atoms with Crippen LogP contribution < -0.4 is 0 Å². The molecule has 0 amide bonds. The Balaban J connectivity index is 2.28. The van der Waals surface area contributed by atoms with Gasteiger partial charge in [-0.05, 0) is 43.7 Å². The fourth-order valence-electron chi connectivity index (χ4n) is 1.65. The van der Waals surface area contributed by atoms with E-state index in [2.05, 4.69) is 4.98 Å². The van der Waals surface area contributed by atoms with Gasteiger partial charge in [-0.25, -0.2) is 4.98 Å². The van der Waals surface area contributed by atoms with E-state index in [0.29, 0.717) is 11.6 Å². The van der Waals surface area contributed by atoms with Gasteiger partial charge in [-0.15, -0.1) is 0 Å². The number of hydrogen-bond acceptors (Lipinski definition) is 4. The predicted molar refractivity (Wildman–Crippen MR) is 71.8 cm³/mol. The quantitative estimate of drug-likeness (QED) is 0.909. The van der Waals surface area contributed by atoms with Crippen LogP contribution >= 0.6 is 11.8 Å². The highest BCUT2D eigenvalue weighted by molar-refractivity contribution is 7.99. The van der Waals surface area contributed by atoms with Gasteiger partial charge in [0.25, 0.3) is 5.22 Å². The Morgan fingerprint density at radius 2 is 2.06 bits per heavy atom. The molecule has 1 N–H and O–H groups in total. The SMILES string of the molecule is CC[C@H](O)c1ccccc1Sc1nc(C)c(C)o1. The molecule has 0 unspecified atom stereocenters. The third kappa shape index (κ3) is 2.76. The van der Waals surface area contributed by atoms with Crippen molar-refractivity contribution in [2.75, 3.05) is 0 Å². The molecule has 4 heteroatoms. The van der Waals surface area contributed by atoms with E-state index in [1.807, 2.05) is 45.0 Å². The van der Waals surface area contributed by atoms with E-state index in [4.69, 9.17) is 4.42 Å². The van der Waals surface area contributed by atoms with Gasteiger partial charge in [0.05, 0.1) is 11.8 Å². The number of oxazole rings is 1. The number of aryl methyl sites for hydroxylation is 2. The normalized spacial score (nSPS) is 12.7. The van der Waals surface area contributed by atoms with Gasteiger partial charge in [0, 0.05) is 4.90 Å². The lowest BCUT2D eigenvalue weighted by molar-refractivity contribution is 0.171. The molecule has 0 fully saturated rings. The van der Waals surface area contributed by atoms with Crippen LogP contribution in [0.25, 0.3) is 0 Å². The van der Waals surface area contributed by atoms with Crippen LogP contribution in [-0.4, -0.2) is 10.1 Å². The summed E-state index contributed by atoms with van der Waals surface area (Å²) in [4.78, 5) is 5.34. The maximum Gasteiger partial charge on any atom is 0.261 e. The number of rotatable bonds is 4. The topological polar surface area (TPSA) is 46.3 Å². The minimum atomic E-state index is -0.439. The van der Waals surface area contributed by atoms with Gasteiger partial charge in [0.15, 0.2) is 0 Å². The number of aliphatic hydroxyl groups excluding tert-OH is 1. The van der Waals surface area contributed by atoms with E-state index in [9.17, 15) is 5.11 Å². The number of aliphatic hydroxyl groups is 1. The third-order valence-electron chi connectivity index (χ3n) is 2.87. The zero-order valence-electron chi connectivity index (χ0n) is 10.8. The van der Waals surface area contributed by atoms with Crippen LogP contribution in [0.1, 0.15) is 36.5 Å². The van der Waals surface area contributed by atoms with Crippen molar-refractivity contribution in [3.8, 4) is 0 Å². The van der Waals surface area contributed by atoms with Crippen LogP contribution in [0, 0.1) is 13.8 Å². The Morgan fingerprint density at radius 3 is 2.67 bits per heavy atom. The first-order valence-corrected chi connectivity index (χ1v) is 6.82. The van der Waals surface area contributed by atoms with E-state index in [1.165, 1.54) is 11.8 Å². The highest BCUT2D eigenvalue weighted by Gasteiger charge is 2.14. The first-order valence-electron chi connectivity index (χ1n) is 6.00. The fraction of sp³-hybridized carbons (Fsp3) is 0.357. The largest absolute Gasteiger partial charge is 0.436 e. The Morgan fingerprint density at radius 1 is 1.33 bits per heavy atom. The fourth-order valence-corrected chi connectivity index (χ4v) is 2.66. The average Bonchev–Trinajstić information content (AvgIpc) is 2.68. The van der Waals surface area contributed by atoms with E-state index in [-0.39, 0.29) is 0 Å². The van der Waals surface area contributed by atoms with E-state index >= 15 is 0 Å². The minimum absolute atomic E-state index is 0.439. The lowest BCUT2D eigenvalue weighted by Gasteiger charge is -2.11. The first-order chi connectivity index (χ1) is 8.61. The number of nitrogens with zero attached hydrogens (tertiary/aromatic N) is 1. The molecule has 0 aliphatic heterocycles. The maximum absolute atomic E-state index is 9.98. The van der Waals surface area contributed by atoms with Crippen molar-refractivity contribution in [3.63, 3.8) is 0 Å². The summed E-state index contributed by atoms with van der Waals surface area (Å²) in [6.45, 7) is 5.79.